The summed E-state index contributed by atoms with van der Waals surface area (Å²) in [6, 6.07) is 19.7. The minimum Gasteiger partial charge on any atom is -0.346 e. The van der Waals surface area contributed by atoms with Crippen LogP contribution >= 0.6 is 11.8 Å². The second kappa shape index (κ2) is 9.09. The fourth-order valence-corrected chi connectivity index (χ4v) is 3.48. The lowest BCUT2D eigenvalue weighted by molar-refractivity contribution is -0.120. The molecule has 0 spiro atoms. The molecule has 144 valence electrons. The molecule has 2 rings (SSSR count). The lowest BCUT2D eigenvalue weighted by Crippen LogP contribution is -2.43. The number of nitrogens with one attached hydrogen (secondary N) is 2. The van der Waals surface area contributed by atoms with Crippen LogP contribution in [0.3, 0.4) is 0 Å². The molecule has 2 amide bonds. The lowest BCUT2D eigenvalue weighted by Gasteiger charge is -2.27. The van der Waals surface area contributed by atoms with Crippen molar-refractivity contribution in [3.05, 3.63) is 71.8 Å². The summed E-state index contributed by atoms with van der Waals surface area (Å²) in [5, 5.41) is 6.06. The van der Waals surface area contributed by atoms with Crippen LogP contribution in [0.1, 0.15) is 38.8 Å². The van der Waals surface area contributed by atoms with Crippen LogP contribution in [0.25, 0.3) is 0 Å². The van der Waals surface area contributed by atoms with Crippen LogP contribution in [-0.2, 0) is 20.7 Å². The summed E-state index contributed by atoms with van der Waals surface area (Å²) in [5.74, 6) is 0.332. The molecule has 0 radical (unpaired) electrons. The first-order valence-electron chi connectivity index (χ1n) is 9.01. The van der Waals surface area contributed by atoms with E-state index in [-0.39, 0.29) is 23.3 Å². The van der Waals surface area contributed by atoms with E-state index in [1.54, 1.807) is 0 Å². The molecule has 2 N–H and O–H groups in total. The first-order chi connectivity index (χ1) is 12.7. The fourth-order valence-electron chi connectivity index (χ4n) is 2.86. The Hall–Kier alpha value is -2.27. The molecule has 0 aromatic heterocycles. The van der Waals surface area contributed by atoms with Crippen molar-refractivity contribution in [3.8, 4) is 0 Å². The van der Waals surface area contributed by atoms with Gasteiger partial charge in [0.2, 0.25) is 11.8 Å². The predicted octanol–water partition coefficient (Wildman–Crippen LogP) is 3.82. The van der Waals surface area contributed by atoms with E-state index >= 15 is 0 Å². The maximum atomic E-state index is 12.3. The van der Waals surface area contributed by atoms with E-state index in [2.05, 4.69) is 10.6 Å². The van der Waals surface area contributed by atoms with Crippen LogP contribution < -0.4 is 10.6 Å². The van der Waals surface area contributed by atoms with Crippen LogP contribution in [0.4, 0.5) is 0 Å². The van der Waals surface area contributed by atoms with Gasteiger partial charge >= 0.3 is 0 Å². The summed E-state index contributed by atoms with van der Waals surface area (Å²) < 4.78 is 0. The highest BCUT2D eigenvalue weighted by molar-refractivity contribution is 8.00. The maximum Gasteiger partial charge on any atom is 0.230 e. The Morgan fingerprint density at radius 3 is 1.37 bits per heavy atom. The molecule has 0 aliphatic carbocycles. The van der Waals surface area contributed by atoms with Crippen molar-refractivity contribution in [2.24, 2.45) is 0 Å². The molecule has 0 saturated carbocycles. The van der Waals surface area contributed by atoms with Gasteiger partial charge in [0.25, 0.3) is 0 Å². The van der Waals surface area contributed by atoms with Crippen molar-refractivity contribution in [2.45, 2.75) is 38.8 Å². The summed E-state index contributed by atoms with van der Waals surface area (Å²) in [5.41, 5.74) is 1.20. The van der Waals surface area contributed by atoms with Crippen molar-refractivity contribution in [1.82, 2.24) is 10.6 Å². The summed E-state index contributed by atoms with van der Waals surface area (Å²) >= 11 is 1.32. The predicted molar refractivity (Wildman–Crippen MR) is 113 cm³/mol. The zero-order valence-electron chi connectivity index (χ0n) is 16.4. The zero-order valence-corrected chi connectivity index (χ0v) is 17.2. The van der Waals surface area contributed by atoms with Gasteiger partial charge in [-0.3, -0.25) is 9.59 Å². The highest BCUT2D eigenvalue weighted by Crippen LogP contribution is 2.21. The number of carbonyl (C=O) groups excluding carboxylic acids is 2. The number of hydrogen-bond acceptors (Lipinski definition) is 3. The molecule has 0 aliphatic rings. The number of carbonyl (C=O) groups is 2. The molecule has 27 heavy (non-hydrogen) atoms. The Morgan fingerprint density at radius 1 is 0.704 bits per heavy atom. The Balaban J connectivity index is 1.78. The largest absolute Gasteiger partial charge is 0.346 e. The average Bonchev–Trinajstić information content (AvgIpc) is 2.62. The average molecular weight is 385 g/mol. The molecular weight excluding hydrogens is 356 g/mol. The molecule has 2 aromatic carbocycles. The van der Waals surface area contributed by atoms with E-state index in [1.165, 1.54) is 11.8 Å². The van der Waals surface area contributed by atoms with Crippen LogP contribution in [0.5, 0.6) is 0 Å². The monoisotopic (exact) mass is 384 g/mol. The van der Waals surface area contributed by atoms with E-state index in [4.69, 9.17) is 0 Å². The van der Waals surface area contributed by atoms with Crippen molar-refractivity contribution in [2.75, 3.05) is 11.5 Å². The van der Waals surface area contributed by atoms with E-state index in [9.17, 15) is 9.59 Å². The van der Waals surface area contributed by atoms with E-state index in [1.807, 2.05) is 88.4 Å². The molecule has 0 unspecified atom stereocenters. The molecule has 0 saturated heterocycles. The van der Waals surface area contributed by atoms with Gasteiger partial charge in [-0.1, -0.05) is 60.7 Å². The molecule has 0 atom stereocenters. The molecule has 0 heterocycles. The Kier molecular flexibility index (Phi) is 7.08. The highest BCUT2D eigenvalue weighted by Gasteiger charge is 2.24. The van der Waals surface area contributed by atoms with Gasteiger partial charge in [0, 0.05) is 0 Å². The number of hydrogen-bond donors (Lipinski definition) is 2. The Morgan fingerprint density at radius 2 is 1.04 bits per heavy atom. The lowest BCUT2D eigenvalue weighted by atomic mass is 9.94. The van der Waals surface area contributed by atoms with Crippen LogP contribution in [-0.4, -0.2) is 23.3 Å². The first-order valence-corrected chi connectivity index (χ1v) is 10.2. The minimum atomic E-state index is -0.448. The highest BCUT2D eigenvalue weighted by atomic mass is 32.2. The standard InChI is InChI=1S/C22H28N2O2S/c1-21(2,17-11-7-5-8-12-17)23-19(25)15-27-16-20(26)24-22(3,4)18-13-9-6-10-14-18/h5-14H,15-16H2,1-4H3,(H,23,25)(H,24,26). The molecule has 0 bridgehead atoms. The van der Waals surface area contributed by atoms with Crippen molar-refractivity contribution in [3.63, 3.8) is 0 Å². The number of rotatable bonds is 8. The zero-order chi connectivity index (χ0) is 19.9. The van der Waals surface area contributed by atoms with Gasteiger partial charge in [0.1, 0.15) is 0 Å². The fraction of sp³-hybridized carbons (Fsp3) is 0.364. The molecule has 5 heteroatoms. The van der Waals surface area contributed by atoms with Crippen LogP contribution in [0.2, 0.25) is 0 Å². The normalized spacial score (nSPS) is 11.7. The summed E-state index contributed by atoms with van der Waals surface area (Å²) in [6.45, 7) is 7.89. The number of amides is 2. The van der Waals surface area contributed by atoms with Gasteiger partial charge in [-0.05, 0) is 38.8 Å². The second-order valence-corrected chi connectivity index (χ2v) is 8.56. The molecular formula is C22H28N2O2S. The SMILES string of the molecule is CC(C)(NC(=O)CSCC(=O)NC(C)(C)c1ccccc1)c1ccccc1. The first kappa shape index (κ1) is 21.0. The van der Waals surface area contributed by atoms with Gasteiger partial charge in [-0.2, -0.15) is 0 Å². The third-order valence-corrected chi connectivity index (χ3v) is 5.29. The molecule has 4 nitrogen and oxygen atoms in total. The number of thioether (sulfide) groups is 1. The third-order valence-electron chi connectivity index (χ3n) is 4.36. The van der Waals surface area contributed by atoms with E-state index < -0.39 is 11.1 Å². The Labute approximate surface area is 166 Å². The molecule has 2 aromatic rings. The molecule has 0 fully saturated rings. The van der Waals surface area contributed by atoms with Crippen molar-refractivity contribution < 1.29 is 9.59 Å². The van der Waals surface area contributed by atoms with Crippen molar-refractivity contribution in [1.29, 1.82) is 0 Å². The van der Waals surface area contributed by atoms with E-state index in [0.29, 0.717) is 0 Å². The van der Waals surface area contributed by atoms with Crippen molar-refractivity contribution >= 4 is 23.6 Å². The van der Waals surface area contributed by atoms with Crippen LogP contribution in [0, 0.1) is 0 Å². The summed E-state index contributed by atoms with van der Waals surface area (Å²) in [4.78, 5) is 24.5. The summed E-state index contributed by atoms with van der Waals surface area (Å²) in [7, 11) is 0. The Bertz CT molecular complexity index is 693. The number of benzene rings is 2. The van der Waals surface area contributed by atoms with E-state index in [0.717, 1.165) is 11.1 Å². The topological polar surface area (TPSA) is 58.2 Å². The van der Waals surface area contributed by atoms with Gasteiger partial charge < -0.3 is 10.6 Å². The van der Waals surface area contributed by atoms with Gasteiger partial charge in [-0.25, -0.2) is 0 Å². The van der Waals surface area contributed by atoms with Gasteiger partial charge in [0.05, 0.1) is 22.6 Å². The summed E-state index contributed by atoms with van der Waals surface area (Å²) in [6.07, 6.45) is 0. The second-order valence-electron chi connectivity index (χ2n) is 7.57. The third kappa shape index (κ3) is 6.43. The van der Waals surface area contributed by atoms with Gasteiger partial charge in [0.15, 0.2) is 0 Å². The molecule has 0 aliphatic heterocycles. The minimum absolute atomic E-state index is 0.0797. The quantitative estimate of drug-likeness (QED) is 0.727. The maximum absolute atomic E-state index is 12.3. The van der Waals surface area contributed by atoms with Gasteiger partial charge in [-0.15, -0.1) is 11.8 Å². The van der Waals surface area contributed by atoms with Crippen LogP contribution in [0.15, 0.2) is 60.7 Å². The smallest absolute Gasteiger partial charge is 0.230 e.